The smallest absolute Gasteiger partial charge is 0.267 e. The summed E-state index contributed by atoms with van der Waals surface area (Å²) in [7, 11) is 0. The molecular weight excluding hydrogens is 362 g/mol. The monoisotopic (exact) mass is 391 g/mol. The van der Waals surface area contributed by atoms with Crippen LogP contribution in [-0.4, -0.2) is 16.2 Å². The van der Waals surface area contributed by atoms with E-state index in [1.165, 1.54) is 6.42 Å². The Morgan fingerprint density at radius 1 is 1.00 bits per heavy atom. The van der Waals surface area contributed by atoms with E-state index in [1.54, 1.807) is 0 Å². The van der Waals surface area contributed by atoms with Crippen molar-refractivity contribution >= 4 is 0 Å². The molecule has 4 aliphatic carbocycles. The summed E-state index contributed by atoms with van der Waals surface area (Å²) in [6.45, 7) is 4.69. The van der Waals surface area contributed by atoms with E-state index in [4.69, 9.17) is 0 Å². The lowest BCUT2D eigenvalue weighted by Crippen LogP contribution is -2.55. The molecule has 4 aliphatic rings. The first-order valence-electron chi connectivity index (χ1n) is 11.1. The Hall–Kier alpha value is -2.11. The van der Waals surface area contributed by atoms with Gasteiger partial charge in [0.25, 0.3) is 5.56 Å². The van der Waals surface area contributed by atoms with E-state index in [0.29, 0.717) is 29.2 Å². The Labute approximate surface area is 171 Å². The van der Waals surface area contributed by atoms with E-state index in [9.17, 15) is 20.4 Å². The third-order valence-electron chi connectivity index (χ3n) is 9.65. The van der Waals surface area contributed by atoms with Crippen molar-refractivity contribution in [2.24, 2.45) is 34.5 Å². The Morgan fingerprint density at radius 3 is 2.45 bits per heavy atom. The zero-order chi connectivity index (χ0) is 20.6. The number of nitriles is 2. The van der Waals surface area contributed by atoms with Gasteiger partial charge >= 0.3 is 0 Å². The molecule has 0 radical (unpaired) electrons. The summed E-state index contributed by atoms with van der Waals surface area (Å²) in [6.07, 6.45) is 8.03. The van der Waals surface area contributed by atoms with Crippen molar-refractivity contribution in [1.29, 1.82) is 10.5 Å². The van der Waals surface area contributed by atoms with Crippen molar-refractivity contribution in [1.82, 2.24) is 4.98 Å². The summed E-state index contributed by atoms with van der Waals surface area (Å²) in [5, 5.41) is 29.8. The van der Waals surface area contributed by atoms with Crippen LogP contribution in [0.25, 0.3) is 0 Å². The first-order valence-corrected chi connectivity index (χ1v) is 11.1. The van der Waals surface area contributed by atoms with Crippen LogP contribution in [0.3, 0.4) is 0 Å². The second-order valence-corrected chi connectivity index (χ2v) is 10.6. The first-order chi connectivity index (χ1) is 13.8. The molecule has 0 bridgehead atoms. The zero-order valence-corrected chi connectivity index (χ0v) is 17.3. The number of hydrogen-bond acceptors (Lipinski definition) is 4. The van der Waals surface area contributed by atoms with Crippen molar-refractivity contribution in [2.75, 3.05) is 0 Å². The molecule has 7 atom stereocenters. The average molecular weight is 392 g/mol. The van der Waals surface area contributed by atoms with Crippen LogP contribution in [0, 0.1) is 57.2 Å². The maximum atomic E-state index is 12.3. The highest BCUT2D eigenvalue weighted by Crippen LogP contribution is 2.65. The topological polar surface area (TPSA) is 101 Å². The maximum Gasteiger partial charge on any atom is 0.267 e. The summed E-state index contributed by atoms with van der Waals surface area (Å²) in [5.41, 5.74) is 1.77. The molecule has 2 N–H and O–H groups in total. The molecule has 0 spiro atoms. The third-order valence-corrected chi connectivity index (χ3v) is 9.65. The molecule has 5 nitrogen and oxygen atoms in total. The number of aromatic amines is 1. The van der Waals surface area contributed by atoms with Gasteiger partial charge in [0.15, 0.2) is 0 Å². The number of pyridine rings is 1. The predicted molar refractivity (Wildman–Crippen MR) is 108 cm³/mol. The van der Waals surface area contributed by atoms with Crippen molar-refractivity contribution < 1.29 is 5.11 Å². The van der Waals surface area contributed by atoms with Gasteiger partial charge in [0.2, 0.25) is 0 Å². The molecular formula is C24H29N3O2. The van der Waals surface area contributed by atoms with Gasteiger partial charge in [-0.25, -0.2) is 0 Å². The number of H-pyrrole nitrogens is 1. The van der Waals surface area contributed by atoms with Gasteiger partial charge in [-0.1, -0.05) is 13.8 Å². The van der Waals surface area contributed by atoms with Gasteiger partial charge in [0, 0.05) is 5.69 Å². The summed E-state index contributed by atoms with van der Waals surface area (Å²) in [5.74, 6) is 2.32. The second-order valence-electron chi connectivity index (χ2n) is 10.6. The molecule has 3 saturated carbocycles. The summed E-state index contributed by atoms with van der Waals surface area (Å²) in [4.78, 5) is 15.2. The van der Waals surface area contributed by atoms with Crippen LogP contribution in [0.2, 0.25) is 0 Å². The van der Waals surface area contributed by atoms with Gasteiger partial charge in [-0.05, 0) is 91.4 Å². The Balaban J connectivity index is 1.57. The van der Waals surface area contributed by atoms with Crippen LogP contribution in [-0.2, 0) is 12.8 Å². The van der Waals surface area contributed by atoms with Crippen molar-refractivity contribution in [3.8, 4) is 12.1 Å². The molecule has 0 amide bonds. The van der Waals surface area contributed by atoms with E-state index in [2.05, 4.69) is 24.9 Å². The molecule has 1 heterocycles. The highest BCUT2D eigenvalue weighted by molar-refractivity contribution is 5.52. The molecule has 152 valence electrons. The van der Waals surface area contributed by atoms with Crippen molar-refractivity contribution in [3.63, 3.8) is 0 Å². The van der Waals surface area contributed by atoms with Gasteiger partial charge in [-0.2, -0.15) is 10.5 Å². The summed E-state index contributed by atoms with van der Waals surface area (Å²) < 4.78 is 0. The molecule has 5 heteroatoms. The fraction of sp³-hybridized carbons (Fsp3) is 0.708. The molecule has 0 saturated heterocycles. The minimum absolute atomic E-state index is 0.0317. The molecule has 3 fully saturated rings. The SMILES string of the molecule is C[C@]12Cc3c([nH]c(=O)c(C#N)c3C#N)C[C@H]1CC[C@H]1[C@H]2CC[C@]2(C)[C@H](O)CC[C@H]12. The largest absolute Gasteiger partial charge is 0.393 e. The summed E-state index contributed by atoms with van der Waals surface area (Å²) in [6, 6.07) is 4.13. The number of aliphatic hydroxyl groups is 1. The Kier molecular flexibility index (Phi) is 4.03. The Morgan fingerprint density at radius 2 is 1.72 bits per heavy atom. The fourth-order valence-electron chi connectivity index (χ4n) is 8.04. The van der Waals surface area contributed by atoms with E-state index < -0.39 is 5.56 Å². The molecule has 0 aliphatic heterocycles. The average Bonchev–Trinajstić information content (AvgIpc) is 3.00. The van der Waals surface area contributed by atoms with Crippen LogP contribution in [0.4, 0.5) is 0 Å². The minimum atomic E-state index is -0.423. The van der Waals surface area contributed by atoms with Gasteiger partial charge in [-0.15, -0.1) is 0 Å². The van der Waals surface area contributed by atoms with Crippen molar-refractivity contribution in [2.45, 2.75) is 71.3 Å². The number of nitrogens with one attached hydrogen (secondary N) is 1. The maximum absolute atomic E-state index is 12.3. The molecule has 0 aromatic carbocycles. The number of nitrogens with zero attached hydrogens (tertiary/aromatic N) is 2. The molecule has 1 aromatic heterocycles. The Bertz CT molecular complexity index is 1010. The number of hydrogen-bond donors (Lipinski definition) is 2. The number of aromatic nitrogens is 1. The zero-order valence-electron chi connectivity index (χ0n) is 17.3. The van der Waals surface area contributed by atoms with Gasteiger partial charge in [0.05, 0.1) is 11.7 Å². The highest BCUT2D eigenvalue weighted by Gasteiger charge is 2.60. The quantitative estimate of drug-likeness (QED) is 0.707. The van der Waals surface area contributed by atoms with E-state index >= 15 is 0 Å². The van der Waals surface area contributed by atoms with Gasteiger partial charge in [0.1, 0.15) is 17.7 Å². The second kappa shape index (κ2) is 6.19. The third kappa shape index (κ3) is 2.37. The minimum Gasteiger partial charge on any atom is -0.393 e. The lowest BCUT2D eigenvalue weighted by molar-refractivity contribution is -0.111. The lowest BCUT2D eigenvalue weighted by atomic mass is 9.45. The van der Waals surface area contributed by atoms with Crippen LogP contribution in [0.1, 0.15) is 74.8 Å². The van der Waals surface area contributed by atoms with Crippen LogP contribution >= 0.6 is 0 Å². The molecule has 0 unspecified atom stereocenters. The number of aliphatic hydroxyl groups excluding tert-OH is 1. The van der Waals surface area contributed by atoms with Crippen LogP contribution in [0.15, 0.2) is 4.79 Å². The normalized spacial score (nSPS) is 42.6. The van der Waals surface area contributed by atoms with Crippen LogP contribution in [0.5, 0.6) is 0 Å². The van der Waals surface area contributed by atoms with E-state index in [1.807, 2.05) is 6.07 Å². The molecule has 29 heavy (non-hydrogen) atoms. The highest BCUT2D eigenvalue weighted by atomic mass is 16.3. The van der Waals surface area contributed by atoms with Gasteiger partial charge in [-0.3, -0.25) is 4.79 Å². The molecule has 1 aromatic rings. The number of rotatable bonds is 0. The standard InChI is InChI=1S/C24H29N3O2/c1-23-8-7-19-14(18(23)5-6-21(23)28)4-3-13-9-20-15(10-24(13,19)2)16(11-25)17(12-26)22(29)27-20/h13-14,18-19,21,28H,3-10H2,1-2H3,(H,27,29)/t13-,14-,18-,19-,21-,23+,24+/m1/s1. The van der Waals surface area contributed by atoms with Crippen LogP contribution < -0.4 is 5.56 Å². The fourth-order valence-corrected chi connectivity index (χ4v) is 8.04. The summed E-state index contributed by atoms with van der Waals surface area (Å²) >= 11 is 0. The predicted octanol–water partition coefficient (Wildman–Crippen LogP) is 3.44. The first kappa shape index (κ1) is 18.9. The van der Waals surface area contributed by atoms with E-state index in [0.717, 1.165) is 56.2 Å². The lowest BCUT2D eigenvalue weighted by Gasteiger charge is -2.60. The number of fused-ring (bicyclic) bond motifs is 6. The van der Waals surface area contributed by atoms with Crippen molar-refractivity contribution in [3.05, 3.63) is 32.7 Å². The van der Waals surface area contributed by atoms with Gasteiger partial charge < -0.3 is 10.1 Å². The van der Waals surface area contributed by atoms with E-state index in [-0.39, 0.29) is 22.5 Å². The molecule has 5 rings (SSSR count).